The Bertz CT molecular complexity index is 369. The van der Waals surface area contributed by atoms with Crippen LogP contribution in [0.15, 0.2) is 18.2 Å². The Labute approximate surface area is 134 Å². The summed E-state index contributed by atoms with van der Waals surface area (Å²) >= 11 is 1.77. The summed E-state index contributed by atoms with van der Waals surface area (Å²) < 4.78 is 1.24. The molecule has 1 heterocycles. The molecule has 0 spiro atoms. The third-order valence-corrected chi connectivity index (χ3v) is 3.00. The molecule has 0 aliphatic heterocycles. The number of hydrogen-bond acceptors (Lipinski definition) is 2. The van der Waals surface area contributed by atoms with E-state index in [0.29, 0.717) is 0 Å². The van der Waals surface area contributed by atoms with Gasteiger partial charge in [0.1, 0.15) is 0 Å². The first-order chi connectivity index (χ1) is 6.40. The van der Waals surface area contributed by atoms with E-state index >= 15 is 0 Å². The van der Waals surface area contributed by atoms with Crippen LogP contribution in [0.25, 0.3) is 10.2 Å². The molecule has 0 atom stereocenters. The Morgan fingerprint density at radius 1 is 1.47 bits per heavy atom. The van der Waals surface area contributed by atoms with Crippen LogP contribution in [0.1, 0.15) is 17.8 Å². The molecule has 0 saturated carbocycles. The number of benzene rings is 1. The Kier molecular flexibility index (Phi) is 8.55. The molecular formula is C11H11NSWY-2. The van der Waals surface area contributed by atoms with Gasteiger partial charge in [0.15, 0.2) is 0 Å². The van der Waals surface area contributed by atoms with Gasteiger partial charge in [-0.3, -0.25) is 4.98 Å². The largest absolute Gasteiger partial charge is 0.343 e. The molecule has 0 aliphatic rings. The van der Waals surface area contributed by atoms with Gasteiger partial charge in [-0.15, -0.1) is 6.07 Å². The van der Waals surface area contributed by atoms with Crippen molar-refractivity contribution >= 4 is 21.6 Å². The fourth-order valence-electron chi connectivity index (χ4n) is 1.25. The Hall–Kier alpha value is 0.902. The summed E-state index contributed by atoms with van der Waals surface area (Å²) in [5.41, 5.74) is 1.10. The molecule has 0 bridgehead atoms. The average molecular weight is 462 g/mol. The van der Waals surface area contributed by atoms with Crippen molar-refractivity contribution in [2.24, 2.45) is 0 Å². The summed E-state index contributed by atoms with van der Waals surface area (Å²) in [6.07, 6.45) is 3.18. The van der Waals surface area contributed by atoms with Crippen LogP contribution in [0.5, 0.6) is 0 Å². The number of fused-ring (bicyclic) bond motifs is 1. The van der Waals surface area contributed by atoms with Gasteiger partial charge >= 0.3 is 0 Å². The first-order valence-electron chi connectivity index (χ1n) is 4.45. The van der Waals surface area contributed by atoms with Gasteiger partial charge in [0, 0.05) is 53.8 Å². The molecule has 0 fully saturated rings. The molecule has 0 amide bonds. The quantitative estimate of drug-likeness (QED) is 0.639. The van der Waals surface area contributed by atoms with E-state index in [9.17, 15) is 0 Å². The summed E-state index contributed by atoms with van der Waals surface area (Å²) in [4.78, 5) is 4.52. The van der Waals surface area contributed by atoms with Crippen molar-refractivity contribution < 1.29 is 53.8 Å². The standard InChI is InChI=1S/C11H11NS.W.Y/c1-2-3-8-11-12-9-6-4-5-7-10(9)13-11;;/h4,6-7H,1-3,8H2;;/q-2;;. The molecule has 1 radical (unpaired) electrons. The van der Waals surface area contributed by atoms with Crippen LogP contribution in [-0.4, -0.2) is 4.98 Å². The number of thiazole rings is 1. The van der Waals surface area contributed by atoms with Crippen molar-refractivity contribution in [1.82, 2.24) is 4.98 Å². The van der Waals surface area contributed by atoms with Crippen LogP contribution in [-0.2, 0) is 60.2 Å². The fraction of sp³-hybridized carbons (Fsp3) is 0.273. The number of nitrogens with zero attached hydrogens (tertiary/aromatic N) is 1. The Morgan fingerprint density at radius 2 is 2.27 bits per heavy atom. The monoisotopic (exact) mass is 462 g/mol. The predicted molar refractivity (Wildman–Crippen MR) is 56.8 cm³/mol. The number of unbranched alkanes of at least 4 members (excludes halogenated alkanes) is 1. The zero-order chi connectivity index (χ0) is 9.10. The van der Waals surface area contributed by atoms with Crippen LogP contribution >= 0.6 is 11.3 Å². The zero-order valence-corrected chi connectivity index (χ0v) is 15.0. The molecule has 15 heavy (non-hydrogen) atoms. The topological polar surface area (TPSA) is 12.9 Å². The van der Waals surface area contributed by atoms with Crippen molar-refractivity contribution in [3.05, 3.63) is 36.2 Å². The summed E-state index contributed by atoms with van der Waals surface area (Å²) in [5.74, 6) is 0. The molecular weight excluding hydrogens is 451 g/mol. The van der Waals surface area contributed by atoms with Crippen molar-refractivity contribution in [3.8, 4) is 0 Å². The third kappa shape index (κ3) is 4.34. The fourth-order valence-corrected chi connectivity index (χ4v) is 2.24. The van der Waals surface area contributed by atoms with Crippen LogP contribution in [0, 0.1) is 13.0 Å². The first-order valence-corrected chi connectivity index (χ1v) is 5.26. The van der Waals surface area contributed by atoms with Gasteiger partial charge in [0.05, 0.1) is 5.01 Å². The second-order valence-electron chi connectivity index (χ2n) is 2.96. The molecule has 0 aliphatic carbocycles. The van der Waals surface area contributed by atoms with Crippen LogP contribution in [0.2, 0.25) is 0 Å². The van der Waals surface area contributed by atoms with Crippen LogP contribution in [0.4, 0.5) is 0 Å². The molecule has 2 aromatic rings. The van der Waals surface area contributed by atoms with Gasteiger partial charge in [-0.2, -0.15) is 36.0 Å². The van der Waals surface area contributed by atoms with E-state index in [1.54, 1.807) is 11.3 Å². The molecule has 0 saturated heterocycles. The van der Waals surface area contributed by atoms with E-state index in [-0.39, 0.29) is 53.8 Å². The van der Waals surface area contributed by atoms with Crippen LogP contribution in [0.3, 0.4) is 0 Å². The normalized spacial score (nSPS) is 9.40. The first kappa shape index (κ1) is 15.9. The maximum atomic E-state index is 4.52. The average Bonchev–Trinajstić information content (AvgIpc) is 2.57. The Morgan fingerprint density at radius 3 is 2.93 bits per heavy atom. The molecule has 1 aromatic carbocycles. The van der Waals surface area contributed by atoms with Gasteiger partial charge < -0.3 is 6.92 Å². The SMILES string of the molecule is [CH2-]CCCc1nc2cc[c-]cc2s1.[W].[Y]. The van der Waals surface area contributed by atoms with E-state index < -0.39 is 0 Å². The molecule has 0 unspecified atom stereocenters. The third-order valence-electron chi connectivity index (χ3n) is 1.92. The molecule has 1 aromatic heterocycles. The van der Waals surface area contributed by atoms with Crippen molar-refractivity contribution in [2.45, 2.75) is 19.3 Å². The van der Waals surface area contributed by atoms with E-state index in [1.165, 1.54) is 9.71 Å². The molecule has 0 N–H and O–H groups in total. The number of aromatic nitrogens is 1. The van der Waals surface area contributed by atoms with E-state index in [0.717, 1.165) is 24.8 Å². The van der Waals surface area contributed by atoms with Gasteiger partial charge in [0.2, 0.25) is 0 Å². The van der Waals surface area contributed by atoms with Crippen molar-refractivity contribution in [2.75, 3.05) is 0 Å². The second kappa shape index (κ2) is 8.06. The van der Waals surface area contributed by atoms with Gasteiger partial charge in [-0.05, 0) is 11.9 Å². The summed E-state index contributed by atoms with van der Waals surface area (Å²) in [6, 6.07) is 8.99. The summed E-state index contributed by atoms with van der Waals surface area (Å²) in [5, 5.41) is 1.22. The van der Waals surface area contributed by atoms with E-state index in [2.05, 4.69) is 18.0 Å². The maximum absolute atomic E-state index is 4.52. The smallest absolute Gasteiger partial charge is 0.0791 e. The van der Waals surface area contributed by atoms with E-state index in [1.807, 2.05) is 18.2 Å². The maximum Gasteiger partial charge on any atom is 0.0791 e. The van der Waals surface area contributed by atoms with Gasteiger partial charge in [-0.25, -0.2) is 0 Å². The molecule has 1 nitrogen and oxygen atoms in total. The summed E-state index contributed by atoms with van der Waals surface area (Å²) in [7, 11) is 0. The molecule has 77 valence electrons. The molecule has 2 rings (SSSR count). The van der Waals surface area contributed by atoms with Crippen molar-refractivity contribution in [3.63, 3.8) is 0 Å². The minimum atomic E-state index is 0. The number of hydrogen-bond donors (Lipinski definition) is 0. The minimum Gasteiger partial charge on any atom is -0.343 e. The van der Waals surface area contributed by atoms with E-state index in [4.69, 9.17) is 0 Å². The second-order valence-corrected chi connectivity index (χ2v) is 4.07. The zero-order valence-electron chi connectivity index (χ0n) is 8.40. The van der Waals surface area contributed by atoms with Crippen LogP contribution < -0.4 is 0 Å². The molecule has 4 heteroatoms. The summed E-state index contributed by atoms with van der Waals surface area (Å²) in [6.45, 7) is 3.83. The Balaban J connectivity index is 0.000000980. The van der Waals surface area contributed by atoms with Gasteiger partial charge in [0.25, 0.3) is 0 Å². The minimum absolute atomic E-state index is 0. The van der Waals surface area contributed by atoms with Crippen molar-refractivity contribution in [1.29, 1.82) is 0 Å². The number of aryl methyl sites for hydroxylation is 1. The van der Waals surface area contributed by atoms with Gasteiger partial charge in [-0.1, -0.05) is 11.1 Å². The predicted octanol–water partition coefficient (Wildman–Crippen LogP) is 3.25. The number of rotatable bonds is 3.